The number of hydrogen-bond acceptors (Lipinski definition) is 5. The van der Waals surface area contributed by atoms with E-state index < -0.39 is 5.60 Å². The Morgan fingerprint density at radius 1 is 0.784 bits per heavy atom. The van der Waals surface area contributed by atoms with Crippen LogP contribution in [0.1, 0.15) is 27.2 Å². The molecule has 0 fully saturated rings. The fourth-order valence-electron chi connectivity index (χ4n) is 5.26. The highest BCUT2D eigenvalue weighted by Gasteiger charge is 2.51. The summed E-state index contributed by atoms with van der Waals surface area (Å²) in [6.45, 7) is 0. The minimum absolute atomic E-state index is 0.340. The molecule has 184 valence electrons. The molecule has 6 heteroatoms. The van der Waals surface area contributed by atoms with Crippen LogP contribution in [0.4, 0.5) is 11.4 Å². The fourth-order valence-corrected chi connectivity index (χ4v) is 5.26. The average Bonchev–Trinajstić information content (AvgIpc) is 3.45. The lowest BCUT2D eigenvalue weighted by Gasteiger charge is -2.31. The zero-order valence-corrected chi connectivity index (χ0v) is 21.3. The normalized spacial score (nSPS) is 16.5. The lowest BCUT2D eigenvalue weighted by Crippen LogP contribution is -2.32. The second-order valence-corrected chi connectivity index (χ2v) is 9.75. The number of carbonyl (C=O) groups excluding carboxylic acids is 1. The number of rotatable bonds is 5. The number of carbonyl (C=O) groups is 1. The summed E-state index contributed by atoms with van der Waals surface area (Å²) in [7, 11) is 7.96. The number of hydrogen-bond donors (Lipinski definition) is 0. The smallest absolute Gasteiger partial charge is 0.340 e. The molecule has 0 N–H and O–H groups in total. The molecule has 0 amide bonds. The number of cyclic esters (lactones) is 1. The molecule has 3 aromatic heterocycles. The van der Waals surface area contributed by atoms with Gasteiger partial charge >= 0.3 is 5.97 Å². The second-order valence-electron chi connectivity index (χ2n) is 9.75. The first-order valence-electron chi connectivity index (χ1n) is 12.2. The van der Waals surface area contributed by atoms with Crippen LogP contribution in [0.5, 0.6) is 0 Å². The lowest BCUT2D eigenvalue weighted by molar-refractivity contribution is 0.0238. The van der Waals surface area contributed by atoms with Crippen LogP contribution in [0.25, 0.3) is 16.8 Å². The van der Waals surface area contributed by atoms with Crippen molar-refractivity contribution in [3.8, 4) is 11.3 Å². The maximum absolute atomic E-state index is 13.6. The summed E-state index contributed by atoms with van der Waals surface area (Å²) < 4.78 is 8.65. The van der Waals surface area contributed by atoms with Gasteiger partial charge in [0, 0.05) is 74.2 Å². The Bertz CT molecular complexity index is 1620. The van der Waals surface area contributed by atoms with Gasteiger partial charge in [-0.1, -0.05) is 30.3 Å². The number of fused-ring (bicyclic) bond motifs is 2. The molecule has 6 rings (SSSR count). The van der Waals surface area contributed by atoms with Gasteiger partial charge in [0.1, 0.15) is 0 Å². The molecule has 0 radical (unpaired) electrons. The molecule has 1 aliphatic rings. The average molecular weight is 489 g/mol. The number of ether oxygens (including phenoxy) is 1. The molecule has 0 saturated carbocycles. The molecule has 0 saturated heterocycles. The third-order valence-corrected chi connectivity index (χ3v) is 7.11. The van der Waals surface area contributed by atoms with E-state index in [1.165, 1.54) is 0 Å². The highest BCUT2D eigenvalue weighted by atomic mass is 16.6. The zero-order valence-electron chi connectivity index (χ0n) is 21.3. The largest absolute Gasteiger partial charge is 0.439 e. The molecule has 5 aromatic rings. The Kier molecular flexibility index (Phi) is 5.26. The SMILES string of the molecule is CN(C)c1ccc(C2(c3c(-c4ccccn4)cc4ccccn34)OC(=O)c3cc(N(C)C)ccc32)cc1. The molecular formula is C31H28N4O2. The van der Waals surface area contributed by atoms with Crippen LogP contribution < -0.4 is 9.80 Å². The van der Waals surface area contributed by atoms with E-state index in [0.29, 0.717) is 5.56 Å². The number of nitrogens with zero attached hydrogens (tertiary/aromatic N) is 4. The van der Waals surface area contributed by atoms with Gasteiger partial charge in [0.15, 0.2) is 0 Å². The Hall–Kier alpha value is -4.58. The molecule has 2 aromatic carbocycles. The van der Waals surface area contributed by atoms with Gasteiger partial charge < -0.3 is 18.9 Å². The van der Waals surface area contributed by atoms with Crippen molar-refractivity contribution in [3.63, 3.8) is 0 Å². The van der Waals surface area contributed by atoms with E-state index >= 15 is 0 Å². The van der Waals surface area contributed by atoms with Crippen molar-refractivity contribution in [1.29, 1.82) is 0 Å². The number of aromatic nitrogens is 2. The summed E-state index contributed by atoms with van der Waals surface area (Å²) >= 11 is 0. The van der Waals surface area contributed by atoms with Gasteiger partial charge in [-0.25, -0.2) is 4.79 Å². The van der Waals surface area contributed by atoms with Crippen LogP contribution in [-0.2, 0) is 10.3 Å². The summed E-state index contributed by atoms with van der Waals surface area (Å²) in [4.78, 5) is 22.3. The molecule has 6 nitrogen and oxygen atoms in total. The van der Waals surface area contributed by atoms with Crippen LogP contribution in [0.15, 0.2) is 97.3 Å². The fraction of sp³-hybridized carbons (Fsp3) is 0.161. The van der Waals surface area contributed by atoms with Crippen LogP contribution in [-0.4, -0.2) is 43.5 Å². The van der Waals surface area contributed by atoms with Crippen molar-refractivity contribution in [2.75, 3.05) is 38.0 Å². The zero-order chi connectivity index (χ0) is 25.7. The minimum atomic E-state index is -1.16. The molecule has 0 spiro atoms. The first kappa shape index (κ1) is 22.9. The van der Waals surface area contributed by atoms with E-state index in [-0.39, 0.29) is 5.97 Å². The second kappa shape index (κ2) is 8.52. The molecular weight excluding hydrogens is 460 g/mol. The van der Waals surface area contributed by atoms with Crippen molar-refractivity contribution in [2.24, 2.45) is 0 Å². The summed E-state index contributed by atoms with van der Waals surface area (Å²) in [5.74, 6) is -0.340. The standard InChI is InChI=1S/C31H28N4O2/c1-33(2)22-13-11-21(12-14-22)31(27-16-15-23(34(3)4)19-25(27)30(36)37-31)29-26(28-10-5-7-17-32-28)20-24-9-6-8-18-35(24)29/h5-20H,1-4H3. The first-order valence-corrected chi connectivity index (χ1v) is 12.2. The molecule has 37 heavy (non-hydrogen) atoms. The highest BCUT2D eigenvalue weighted by Crippen LogP contribution is 2.51. The Labute approximate surface area is 216 Å². The maximum Gasteiger partial charge on any atom is 0.340 e. The van der Waals surface area contributed by atoms with E-state index in [0.717, 1.165) is 45.0 Å². The van der Waals surface area contributed by atoms with Gasteiger partial charge in [-0.05, 0) is 54.6 Å². The van der Waals surface area contributed by atoms with Gasteiger partial charge in [0.05, 0.1) is 17.0 Å². The van der Waals surface area contributed by atoms with Gasteiger partial charge in [-0.2, -0.15) is 0 Å². The van der Waals surface area contributed by atoms with Crippen LogP contribution >= 0.6 is 0 Å². The van der Waals surface area contributed by atoms with E-state index in [1.54, 1.807) is 6.20 Å². The predicted octanol–water partition coefficient (Wildman–Crippen LogP) is 5.60. The van der Waals surface area contributed by atoms with Crippen molar-refractivity contribution in [3.05, 3.63) is 120 Å². The third-order valence-electron chi connectivity index (χ3n) is 7.11. The van der Waals surface area contributed by atoms with E-state index in [9.17, 15) is 4.79 Å². The number of pyridine rings is 2. The number of esters is 1. The Morgan fingerprint density at radius 3 is 2.22 bits per heavy atom. The quantitative estimate of drug-likeness (QED) is 0.302. The highest BCUT2D eigenvalue weighted by molar-refractivity contribution is 5.98. The van der Waals surface area contributed by atoms with Crippen LogP contribution in [0.3, 0.4) is 0 Å². The monoisotopic (exact) mass is 488 g/mol. The summed E-state index contributed by atoms with van der Waals surface area (Å²) in [6, 6.07) is 28.3. The number of benzene rings is 2. The summed E-state index contributed by atoms with van der Waals surface area (Å²) in [5, 5.41) is 0. The van der Waals surface area contributed by atoms with E-state index in [2.05, 4.69) is 50.7 Å². The predicted molar refractivity (Wildman–Crippen MR) is 147 cm³/mol. The third kappa shape index (κ3) is 3.48. The Morgan fingerprint density at radius 2 is 1.51 bits per heavy atom. The summed E-state index contributed by atoms with van der Waals surface area (Å²) in [6.07, 6.45) is 3.81. The van der Waals surface area contributed by atoms with Crippen molar-refractivity contribution >= 4 is 22.9 Å². The molecule has 1 aliphatic heterocycles. The first-order chi connectivity index (χ1) is 17.9. The topological polar surface area (TPSA) is 50.1 Å². The van der Waals surface area contributed by atoms with Gasteiger partial charge in [-0.3, -0.25) is 4.98 Å². The van der Waals surface area contributed by atoms with Crippen LogP contribution in [0, 0.1) is 0 Å². The van der Waals surface area contributed by atoms with E-state index in [4.69, 9.17) is 4.74 Å². The molecule has 4 heterocycles. The van der Waals surface area contributed by atoms with Gasteiger partial charge in [0.25, 0.3) is 0 Å². The van der Waals surface area contributed by atoms with Crippen molar-refractivity contribution in [1.82, 2.24) is 9.38 Å². The van der Waals surface area contributed by atoms with Crippen molar-refractivity contribution < 1.29 is 9.53 Å². The molecule has 1 atom stereocenters. The molecule has 0 bridgehead atoms. The maximum atomic E-state index is 13.6. The van der Waals surface area contributed by atoms with Crippen molar-refractivity contribution in [2.45, 2.75) is 5.60 Å². The molecule has 1 unspecified atom stereocenters. The molecule has 0 aliphatic carbocycles. The Balaban J connectivity index is 1.73. The minimum Gasteiger partial charge on any atom is -0.439 e. The van der Waals surface area contributed by atoms with Gasteiger partial charge in [0.2, 0.25) is 5.60 Å². The van der Waals surface area contributed by atoms with Gasteiger partial charge in [-0.15, -0.1) is 0 Å². The summed E-state index contributed by atoms with van der Waals surface area (Å²) in [5.41, 5.74) is 6.70. The van der Waals surface area contributed by atoms with Crippen LogP contribution in [0.2, 0.25) is 0 Å². The van der Waals surface area contributed by atoms with E-state index in [1.807, 2.05) is 87.8 Å². The number of anilines is 2. The lowest BCUT2D eigenvalue weighted by atomic mass is 9.80.